The van der Waals surface area contributed by atoms with Crippen LogP contribution in [0.15, 0.2) is 30.5 Å². The predicted octanol–water partition coefficient (Wildman–Crippen LogP) is 4.97. The van der Waals surface area contributed by atoms with Gasteiger partial charge in [-0.1, -0.05) is 11.6 Å². The highest BCUT2D eigenvalue weighted by Crippen LogP contribution is 2.45. The standard InChI is InChI=1S/C23H18ClF4N3O3S/c24-15-6-11(23(26,27)28)5-14(21(15)34-18-9-29-8-16(18)25)13-3-4-30-17-7-12(35-22(13)17)10-31-19(32)1-2-20(31)33/h3-7,16,18,29H,1-2,8-10H2/t16-,18+/m0/s1. The molecule has 184 valence electrons. The van der Waals surface area contributed by atoms with Gasteiger partial charge in [0.1, 0.15) is 11.9 Å². The zero-order valence-electron chi connectivity index (χ0n) is 18.0. The maximum Gasteiger partial charge on any atom is 0.416 e. The van der Waals surface area contributed by atoms with Gasteiger partial charge < -0.3 is 10.1 Å². The maximum absolute atomic E-state index is 14.2. The molecule has 0 aliphatic carbocycles. The van der Waals surface area contributed by atoms with Crippen molar-refractivity contribution < 1.29 is 31.9 Å². The van der Waals surface area contributed by atoms with E-state index >= 15 is 0 Å². The summed E-state index contributed by atoms with van der Waals surface area (Å²) in [7, 11) is 0. The third-order valence-electron chi connectivity index (χ3n) is 5.95. The topological polar surface area (TPSA) is 71.5 Å². The van der Waals surface area contributed by atoms with E-state index in [1.54, 1.807) is 6.07 Å². The Labute approximate surface area is 205 Å². The average Bonchev–Trinajstić information content (AvgIpc) is 3.49. The molecule has 5 rings (SSSR count). The lowest BCUT2D eigenvalue weighted by Crippen LogP contribution is -2.27. The van der Waals surface area contributed by atoms with Crippen molar-refractivity contribution in [3.8, 4) is 16.9 Å². The van der Waals surface area contributed by atoms with Gasteiger partial charge in [0, 0.05) is 48.1 Å². The molecule has 0 radical (unpaired) electrons. The van der Waals surface area contributed by atoms with Crippen LogP contribution in [0.5, 0.6) is 5.75 Å². The van der Waals surface area contributed by atoms with Crippen molar-refractivity contribution in [2.24, 2.45) is 0 Å². The van der Waals surface area contributed by atoms with E-state index in [2.05, 4.69) is 10.3 Å². The van der Waals surface area contributed by atoms with Gasteiger partial charge in [0.25, 0.3) is 0 Å². The van der Waals surface area contributed by atoms with Gasteiger partial charge in [-0.05, 0) is 24.3 Å². The van der Waals surface area contributed by atoms with Crippen molar-refractivity contribution in [1.29, 1.82) is 0 Å². The normalized spacial score (nSPS) is 20.9. The molecule has 0 bridgehead atoms. The van der Waals surface area contributed by atoms with Gasteiger partial charge >= 0.3 is 6.18 Å². The maximum atomic E-state index is 14.2. The number of hydrogen-bond acceptors (Lipinski definition) is 6. The Morgan fingerprint density at radius 3 is 2.54 bits per heavy atom. The minimum atomic E-state index is -4.67. The second kappa shape index (κ2) is 9.03. The number of fused-ring (bicyclic) bond motifs is 1. The molecule has 0 unspecified atom stereocenters. The zero-order chi connectivity index (χ0) is 24.9. The first-order valence-electron chi connectivity index (χ1n) is 10.7. The molecular formula is C23H18ClF4N3O3S. The summed E-state index contributed by atoms with van der Waals surface area (Å²) in [6.07, 6.45) is -5.18. The van der Waals surface area contributed by atoms with Gasteiger partial charge in [-0.25, -0.2) is 4.39 Å². The van der Waals surface area contributed by atoms with E-state index in [1.807, 2.05) is 0 Å². The quantitative estimate of drug-likeness (QED) is 0.374. The molecule has 0 saturated carbocycles. The molecule has 4 heterocycles. The van der Waals surface area contributed by atoms with E-state index in [0.717, 1.165) is 17.0 Å². The highest BCUT2D eigenvalue weighted by molar-refractivity contribution is 7.19. The van der Waals surface area contributed by atoms with E-state index in [-0.39, 0.29) is 60.6 Å². The second-order valence-electron chi connectivity index (χ2n) is 8.32. The fourth-order valence-corrected chi connectivity index (χ4v) is 5.59. The number of pyridine rings is 1. The number of carbonyl (C=O) groups is 2. The number of nitrogens with zero attached hydrogens (tertiary/aromatic N) is 2. The number of amides is 2. The van der Waals surface area contributed by atoms with E-state index < -0.39 is 24.0 Å². The van der Waals surface area contributed by atoms with Crippen molar-refractivity contribution >= 4 is 45.0 Å². The van der Waals surface area contributed by atoms with Crippen LogP contribution in [0.3, 0.4) is 0 Å². The van der Waals surface area contributed by atoms with Crippen LogP contribution in [-0.2, 0) is 22.3 Å². The highest BCUT2D eigenvalue weighted by atomic mass is 35.5. The molecule has 1 N–H and O–H groups in total. The van der Waals surface area contributed by atoms with Crippen molar-refractivity contribution in [2.45, 2.75) is 37.8 Å². The van der Waals surface area contributed by atoms with Crippen LogP contribution in [0.2, 0.25) is 5.02 Å². The molecule has 3 aromatic rings. The number of alkyl halides is 4. The summed E-state index contributed by atoms with van der Waals surface area (Å²) in [5.74, 6) is -0.595. The number of imide groups is 1. The Bertz CT molecular complexity index is 1310. The zero-order valence-corrected chi connectivity index (χ0v) is 19.6. The van der Waals surface area contributed by atoms with Gasteiger partial charge in [-0.15, -0.1) is 11.3 Å². The summed E-state index contributed by atoms with van der Waals surface area (Å²) in [5.41, 5.74) is -0.0686. The van der Waals surface area contributed by atoms with Gasteiger partial charge in [0.2, 0.25) is 11.8 Å². The lowest BCUT2D eigenvalue weighted by atomic mass is 10.0. The molecule has 2 atom stereocenters. The third kappa shape index (κ3) is 4.60. The van der Waals surface area contributed by atoms with Crippen LogP contribution in [0, 0.1) is 0 Å². The predicted molar refractivity (Wildman–Crippen MR) is 122 cm³/mol. The number of rotatable bonds is 5. The van der Waals surface area contributed by atoms with Gasteiger partial charge in [-0.2, -0.15) is 13.2 Å². The van der Waals surface area contributed by atoms with Crippen molar-refractivity contribution in [1.82, 2.24) is 15.2 Å². The lowest BCUT2D eigenvalue weighted by Gasteiger charge is -2.21. The summed E-state index contributed by atoms with van der Waals surface area (Å²) >= 11 is 7.46. The molecule has 2 fully saturated rings. The SMILES string of the molecule is O=C1CCC(=O)N1Cc1cc2nccc(-c3cc(C(F)(F)F)cc(Cl)c3O[C@@H]3CNC[C@@H]3F)c2s1. The van der Waals surface area contributed by atoms with Crippen molar-refractivity contribution in [3.05, 3.63) is 45.9 Å². The lowest BCUT2D eigenvalue weighted by molar-refractivity contribution is -0.139. The number of ether oxygens (including phenoxy) is 1. The minimum absolute atomic E-state index is 0.0524. The van der Waals surface area contributed by atoms with Gasteiger partial charge in [0.15, 0.2) is 6.17 Å². The summed E-state index contributed by atoms with van der Waals surface area (Å²) in [6, 6.07) is 4.92. The molecule has 2 aliphatic heterocycles. The Kier molecular flexibility index (Phi) is 6.18. The molecule has 6 nitrogen and oxygen atoms in total. The number of thiophene rings is 1. The molecular weight excluding hydrogens is 510 g/mol. The van der Waals surface area contributed by atoms with Crippen molar-refractivity contribution in [2.75, 3.05) is 13.1 Å². The number of hydrogen-bond donors (Lipinski definition) is 1. The fourth-order valence-electron chi connectivity index (χ4n) is 4.20. The first-order chi connectivity index (χ1) is 16.6. The minimum Gasteiger partial charge on any atom is -0.484 e. The summed E-state index contributed by atoms with van der Waals surface area (Å²) < 4.78 is 61.5. The highest BCUT2D eigenvalue weighted by Gasteiger charge is 2.35. The van der Waals surface area contributed by atoms with Gasteiger partial charge in [0.05, 0.1) is 27.3 Å². The smallest absolute Gasteiger partial charge is 0.416 e. The molecule has 2 aromatic heterocycles. The Balaban J connectivity index is 1.62. The number of nitrogens with one attached hydrogen (secondary N) is 1. The van der Waals surface area contributed by atoms with E-state index in [1.165, 1.54) is 23.6 Å². The largest absolute Gasteiger partial charge is 0.484 e. The Hall–Kier alpha value is -2.76. The Morgan fingerprint density at radius 1 is 1.14 bits per heavy atom. The van der Waals surface area contributed by atoms with Crippen LogP contribution in [0.25, 0.3) is 21.3 Å². The molecule has 12 heteroatoms. The van der Waals surface area contributed by atoms with Crippen LogP contribution in [-0.4, -0.2) is 47.1 Å². The first-order valence-corrected chi connectivity index (χ1v) is 11.9. The summed E-state index contributed by atoms with van der Waals surface area (Å²) in [5, 5.41) is 2.55. The number of carbonyl (C=O) groups excluding carboxylic acids is 2. The third-order valence-corrected chi connectivity index (χ3v) is 7.37. The van der Waals surface area contributed by atoms with E-state index in [4.69, 9.17) is 16.3 Å². The summed E-state index contributed by atoms with van der Waals surface area (Å²) in [6.45, 7) is 0.312. The van der Waals surface area contributed by atoms with Crippen LogP contribution in [0.4, 0.5) is 17.6 Å². The van der Waals surface area contributed by atoms with E-state index in [9.17, 15) is 27.2 Å². The Morgan fingerprint density at radius 2 is 1.89 bits per heavy atom. The fraction of sp³-hybridized carbons (Fsp3) is 0.348. The van der Waals surface area contributed by atoms with Crippen LogP contribution < -0.4 is 10.1 Å². The molecule has 2 saturated heterocycles. The monoisotopic (exact) mass is 527 g/mol. The number of likely N-dealkylation sites (tertiary alicyclic amines) is 1. The second-order valence-corrected chi connectivity index (χ2v) is 9.87. The molecule has 35 heavy (non-hydrogen) atoms. The van der Waals surface area contributed by atoms with Crippen LogP contribution >= 0.6 is 22.9 Å². The summed E-state index contributed by atoms with van der Waals surface area (Å²) in [4.78, 5) is 30.1. The molecule has 1 aromatic carbocycles. The average molecular weight is 528 g/mol. The number of aromatic nitrogens is 1. The van der Waals surface area contributed by atoms with E-state index in [0.29, 0.717) is 20.7 Å². The molecule has 2 amide bonds. The van der Waals surface area contributed by atoms with Crippen molar-refractivity contribution in [3.63, 3.8) is 0 Å². The number of benzene rings is 1. The molecule has 0 spiro atoms. The molecule has 2 aliphatic rings. The van der Waals surface area contributed by atoms with Crippen LogP contribution in [0.1, 0.15) is 23.3 Å². The number of halogens is 5. The first kappa shape index (κ1) is 24.0. The van der Waals surface area contributed by atoms with Gasteiger partial charge in [-0.3, -0.25) is 19.5 Å².